The van der Waals surface area contributed by atoms with Crippen molar-refractivity contribution < 1.29 is 9.53 Å². The highest BCUT2D eigenvalue weighted by Gasteiger charge is 2.57. The Morgan fingerprint density at radius 1 is 0.919 bits per heavy atom. The van der Waals surface area contributed by atoms with Crippen LogP contribution in [0.3, 0.4) is 0 Å². The van der Waals surface area contributed by atoms with Crippen molar-refractivity contribution in [2.45, 2.75) is 92.6 Å². The van der Waals surface area contributed by atoms with E-state index in [0.717, 1.165) is 31.1 Å². The Morgan fingerprint density at radius 3 is 2.41 bits per heavy atom. The van der Waals surface area contributed by atoms with E-state index in [1.807, 2.05) is 30.3 Å². The standard InChI is InChI=1S/C35H48O2/c1-23(2)24(3)12-13-25(4)30-16-17-31-29-15-14-27-22-28(37-33(36)26-10-8-7-9-11-26)18-20-34(27,5)32(29)19-21-35(30,31)6/h7-15,23-25,28,30-32H,16-22H2,1-6H3/b13-12+. The van der Waals surface area contributed by atoms with Gasteiger partial charge in [0.2, 0.25) is 0 Å². The van der Waals surface area contributed by atoms with E-state index < -0.39 is 0 Å². The van der Waals surface area contributed by atoms with Crippen molar-refractivity contribution in [1.82, 2.24) is 0 Å². The van der Waals surface area contributed by atoms with Gasteiger partial charge >= 0.3 is 5.97 Å². The first-order valence-corrected chi connectivity index (χ1v) is 15.0. The molecule has 3 fully saturated rings. The lowest BCUT2D eigenvalue weighted by atomic mass is 9.50. The maximum atomic E-state index is 12.7. The molecule has 1 aromatic rings. The van der Waals surface area contributed by atoms with Gasteiger partial charge in [0.05, 0.1) is 5.56 Å². The van der Waals surface area contributed by atoms with Gasteiger partial charge in [-0.25, -0.2) is 4.79 Å². The molecular weight excluding hydrogens is 452 g/mol. The molecule has 3 saturated carbocycles. The summed E-state index contributed by atoms with van der Waals surface area (Å²) in [6.45, 7) is 14.6. The fourth-order valence-electron chi connectivity index (χ4n) is 8.47. The Labute approximate surface area is 225 Å². The first kappa shape index (κ1) is 26.5. The molecule has 0 amide bonds. The van der Waals surface area contributed by atoms with Crippen molar-refractivity contribution in [3.05, 3.63) is 71.3 Å². The molecule has 0 spiro atoms. The summed E-state index contributed by atoms with van der Waals surface area (Å²) in [5, 5.41) is 0. The average molecular weight is 501 g/mol. The maximum Gasteiger partial charge on any atom is 0.338 e. The van der Waals surface area contributed by atoms with Crippen LogP contribution in [0.25, 0.3) is 0 Å². The third-order valence-electron chi connectivity index (χ3n) is 11.3. The van der Waals surface area contributed by atoms with Gasteiger partial charge in [-0.15, -0.1) is 0 Å². The van der Waals surface area contributed by atoms with Gasteiger partial charge in [-0.3, -0.25) is 0 Å². The lowest BCUT2D eigenvalue weighted by molar-refractivity contribution is 0.00691. The number of esters is 1. The predicted molar refractivity (Wildman–Crippen MR) is 153 cm³/mol. The van der Waals surface area contributed by atoms with Crippen molar-refractivity contribution in [3.8, 4) is 0 Å². The third-order valence-corrected chi connectivity index (χ3v) is 11.3. The SMILES string of the molecule is CC(C)C(C)/C=C/C(C)C1CCC2C3=CC=C4CC(OC(=O)c5ccccc5)CCC4(C)C3CCC21C. The zero-order valence-corrected chi connectivity index (χ0v) is 24.0. The molecule has 200 valence electrons. The fourth-order valence-corrected chi connectivity index (χ4v) is 8.47. The van der Waals surface area contributed by atoms with Gasteiger partial charge in [-0.05, 0) is 97.0 Å². The zero-order chi connectivity index (χ0) is 26.4. The topological polar surface area (TPSA) is 26.3 Å². The van der Waals surface area contributed by atoms with E-state index in [1.54, 1.807) is 5.57 Å². The van der Waals surface area contributed by atoms with E-state index in [-0.39, 0.29) is 17.5 Å². The molecule has 4 aliphatic rings. The van der Waals surface area contributed by atoms with Crippen molar-refractivity contribution in [3.63, 3.8) is 0 Å². The van der Waals surface area contributed by atoms with Crippen molar-refractivity contribution in [2.75, 3.05) is 0 Å². The summed E-state index contributed by atoms with van der Waals surface area (Å²) in [7, 11) is 0. The minimum absolute atomic E-state index is 0.00688. The van der Waals surface area contributed by atoms with Gasteiger partial charge in [0.15, 0.2) is 0 Å². The van der Waals surface area contributed by atoms with Crippen LogP contribution in [0.5, 0.6) is 0 Å². The van der Waals surface area contributed by atoms with Gasteiger partial charge in [-0.1, -0.05) is 95.2 Å². The molecule has 0 aromatic heterocycles. The summed E-state index contributed by atoms with van der Waals surface area (Å²) in [5.41, 5.74) is 4.54. The summed E-state index contributed by atoms with van der Waals surface area (Å²) < 4.78 is 5.98. The third kappa shape index (κ3) is 4.79. The molecule has 0 N–H and O–H groups in total. The number of fused-ring (bicyclic) bond motifs is 5. The van der Waals surface area contributed by atoms with E-state index in [0.29, 0.717) is 34.7 Å². The molecular formula is C35H48O2. The van der Waals surface area contributed by atoms with Gasteiger partial charge in [0, 0.05) is 6.42 Å². The molecule has 0 heterocycles. The lowest BCUT2D eigenvalue weighted by Crippen LogP contribution is -2.46. The van der Waals surface area contributed by atoms with Gasteiger partial charge in [0.1, 0.15) is 6.10 Å². The number of hydrogen-bond acceptors (Lipinski definition) is 2. The van der Waals surface area contributed by atoms with Crippen LogP contribution >= 0.6 is 0 Å². The van der Waals surface area contributed by atoms with Crippen LogP contribution in [0.15, 0.2) is 65.8 Å². The summed E-state index contributed by atoms with van der Waals surface area (Å²) >= 11 is 0. The van der Waals surface area contributed by atoms with Crippen LogP contribution in [0, 0.1) is 46.3 Å². The Balaban J connectivity index is 1.31. The molecule has 8 unspecified atom stereocenters. The molecule has 1 aromatic carbocycles. The first-order chi connectivity index (χ1) is 17.6. The Hall–Kier alpha value is -2.09. The summed E-state index contributed by atoms with van der Waals surface area (Å²) in [5.74, 6) is 3.97. The van der Waals surface area contributed by atoms with Crippen LogP contribution in [0.4, 0.5) is 0 Å². The monoisotopic (exact) mass is 500 g/mol. The van der Waals surface area contributed by atoms with Crippen molar-refractivity contribution in [1.29, 1.82) is 0 Å². The Bertz CT molecular complexity index is 1080. The molecule has 5 rings (SSSR count). The Morgan fingerprint density at radius 2 is 1.68 bits per heavy atom. The van der Waals surface area contributed by atoms with Crippen LogP contribution in [-0.2, 0) is 4.74 Å². The number of allylic oxidation sites excluding steroid dienone is 5. The molecule has 2 heteroatoms. The minimum atomic E-state index is -0.182. The van der Waals surface area contributed by atoms with Crippen LogP contribution in [0.2, 0.25) is 0 Å². The average Bonchev–Trinajstić information content (AvgIpc) is 3.25. The predicted octanol–water partition coefficient (Wildman–Crippen LogP) is 9.20. The zero-order valence-electron chi connectivity index (χ0n) is 24.0. The second-order valence-corrected chi connectivity index (χ2v) is 13.6. The largest absolute Gasteiger partial charge is 0.458 e. The van der Waals surface area contributed by atoms with Gasteiger partial charge < -0.3 is 4.74 Å². The number of rotatable bonds is 6. The summed E-state index contributed by atoms with van der Waals surface area (Å²) in [6, 6.07) is 9.43. The molecule has 0 bridgehead atoms. The minimum Gasteiger partial charge on any atom is -0.458 e. The lowest BCUT2D eigenvalue weighted by Gasteiger charge is -2.55. The number of carbonyl (C=O) groups excluding carboxylic acids is 1. The molecule has 37 heavy (non-hydrogen) atoms. The van der Waals surface area contributed by atoms with Crippen molar-refractivity contribution >= 4 is 5.97 Å². The molecule has 0 aliphatic heterocycles. The summed E-state index contributed by atoms with van der Waals surface area (Å²) in [6.07, 6.45) is 18.3. The molecule has 2 nitrogen and oxygen atoms in total. The molecule has 4 aliphatic carbocycles. The molecule has 0 saturated heterocycles. The van der Waals surface area contributed by atoms with Crippen molar-refractivity contribution in [2.24, 2.45) is 46.3 Å². The van der Waals surface area contributed by atoms with E-state index in [9.17, 15) is 4.79 Å². The second kappa shape index (κ2) is 10.2. The maximum absolute atomic E-state index is 12.7. The van der Waals surface area contributed by atoms with E-state index in [2.05, 4.69) is 65.8 Å². The van der Waals surface area contributed by atoms with E-state index in [1.165, 1.54) is 31.3 Å². The highest BCUT2D eigenvalue weighted by Crippen LogP contribution is 2.66. The molecule has 0 radical (unpaired) electrons. The quantitative estimate of drug-likeness (QED) is 0.287. The van der Waals surface area contributed by atoms with Gasteiger partial charge in [0.25, 0.3) is 0 Å². The second-order valence-electron chi connectivity index (χ2n) is 13.6. The number of carbonyl (C=O) groups is 1. The molecule has 8 atom stereocenters. The van der Waals surface area contributed by atoms with Crippen LogP contribution in [-0.4, -0.2) is 12.1 Å². The highest BCUT2D eigenvalue weighted by molar-refractivity contribution is 5.89. The Kier molecular flexibility index (Phi) is 7.33. The number of ether oxygens (including phenoxy) is 1. The smallest absolute Gasteiger partial charge is 0.338 e. The van der Waals surface area contributed by atoms with Gasteiger partial charge in [-0.2, -0.15) is 0 Å². The fraction of sp³-hybridized carbons (Fsp3) is 0.629. The van der Waals surface area contributed by atoms with Crippen LogP contribution < -0.4 is 0 Å². The van der Waals surface area contributed by atoms with E-state index in [4.69, 9.17) is 4.74 Å². The number of hydrogen-bond donors (Lipinski definition) is 0. The van der Waals surface area contributed by atoms with Crippen LogP contribution in [0.1, 0.15) is 96.8 Å². The highest BCUT2D eigenvalue weighted by atomic mass is 16.5. The van der Waals surface area contributed by atoms with E-state index >= 15 is 0 Å². The first-order valence-electron chi connectivity index (χ1n) is 15.0. The number of benzene rings is 1. The normalized spacial score (nSPS) is 36.7. The summed E-state index contributed by atoms with van der Waals surface area (Å²) in [4.78, 5) is 12.7.